The summed E-state index contributed by atoms with van der Waals surface area (Å²) in [6.07, 6.45) is 0. The predicted molar refractivity (Wildman–Crippen MR) is 79.4 cm³/mol. The molecular formula is C15H12N4O2. The lowest BCUT2D eigenvalue weighted by Gasteiger charge is -2.09. The van der Waals surface area contributed by atoms with Crippen molar-refractivity contribution in [1.29, 1.82) is 5.26 Å². The van der Waals surface area contributed by atoms with Gasteiger partial charge >= 0.3 is 0 Å². The number of hydrogen-bond acceptors (Lipinski definition) is 6. The third-order valence-electron chi connectivity index (χ3n) is 3.05. The van der Waals surface area contributed by atoms with Gasteiger partial charge in [-0.25, -0.2) is 0 Å². The first-order valence-electron chi connectivity index (χ1n) is 6.22. The Labute approximate surface area is 120 Å². The van der Waals surface area contributed by atoms with Gasteiger partial charge in [-0.15, -0.1) is 0 Å². The predicted octanol–water partition coefficient (Wildman–Crippen LogP) is 3.03. The summed E-state index contributed by atoms with van der Waals surface area (Å²) in [5.74, 6) is 0.532. The fourth-order valence-electron chi connectivity index (χ4n) is 2.05. The minimum Gasteiger partial charge on any atom is -0.495 e. The van der Waals surface area contributed by atoms with Gasteiger partial charge in [0.25, 0.3) is 6.01 Å². The number of nitrogens with one attached hydrogen (secondary N) is 1. The highest BCUT2D eigenvalue weighted by molar-refractivity contribution is 5.87. The molecule has 0 fully saturated rings. The summed E-state index contributed by atoms with van der Waals surface area (Å²) in [6, 6.07) is 12.8. The van der Waals surface area contributed by atoms with Gasteiger partial charge in [0, 0.05) is 0 Å². The van der Waals surface area contributed by atoms with E-state index in [1.165, 1.54) is 7.11 Å². The molecule has 0 radical (unpaired) electrons. The van der Waals surface area contributed by atoms with Gasteiger partial charge in [0.05, 0.1) is 18.4 Å². The lowest BCUT2D eigenvalue weighted by Crippen LogP contribution is -1.97. The molecule has 1 heterocycles. The number of hydrogen-bond donors (Lipinski definition) is 2. The monoisotopic (exact) mass is 280 g/mol. The number of fused-ring (bicyclic) bond motifs is 1. The number of ether oxygens (including phenoxy) is 1. The van der Waals surface area contributed by atoms with Crippen LogP contribution in [-0.2, 0) is 0 Å². The zero-order valence-corrected chi connectivity index (χ0v) is 11.3. The third kappa shape index (κ3) is 2.21. The Bertz CT molecular complexity index is 848. The molecule has 0 saturated heterocycles. The van der Waals surface area contributed by atoms with Gasteiger partial charge in [0.15, 0.2) is 5.58 Å². The van der Waals surface area contributed by atoms with Gasteiger partial charge in [-0.1, -0.05) is 12.1 Å². The van der Waals surface area contributed by atoms with E-state index in [0.717, 1.165) is 0 Å². The van der Waals surface area contributed by atoms with E-state index < -0.39 is 0 Å². The first-order chi connectivity index (χ1) is 10.2. The fraction of sp³-hybridized carbons (Fsp3) is 0.0667. The van der Waals surface area contributed by atoms with E-state index in [2.05, 4.69) is 16.4 Å². The number of oxazole rings is 1. The molecule has 2 aromatic carbocycles. The minimum atomic E-state index is 0.254. The van der Waals surface area contributed by atoms with Gasteiger partial charge in [0.1, 0.15) is 23.0 Å². The lowest BCUT2D eigenvalue weighted by atomic mass is 10.2. The molecule has 6 heteroatoms. The van der Waals surface area contributed by atoms with Crippen molar-refractivity contribution in [2.75, 3.05) is 18.2 Å². The van der Waals surface area contributed by atoms with E-state index in [1.54, 1.807) is 36.4 Å². The summed E-state index contributed by atoms with van der Waals surface area (Å²) in [7, 11) is 1.53. The van der Waals surface area contributed by atoms with Crippen LogP contribution in [0.4, 0.5) is 17.4 Å². The number of para-hydroxylation sites is 2. The number of benzene rings is 2. The molecule has 0 spiro atoms. The summed E-state index contributed by atoms with van der Waals surface area (Å²) in [6.45, 7) is 0. The molecule has 0 bridgehead atoms. The molecule has 21 heavy (non-hydrogen) atoms. The lowest BCUT2D eigenvalue weighted by molar-refractivity contribution is 0.416. The maximum absolute atomic E-state index is 9.18. The maximum Gasteiger partial charge on any atom is 0.300 e. The highest BCUT2D eigenvalue weighted by Gasteiger charge is 2.13. The number of nitrogens with two attached hydrogens (primary N) is 1. The molecule has 3 aromatic rings. The largest absolute Gasteiger partial charge is 0.495 e. The van der Waals surface area contributed by atoms with Crippen LogP contribution in [0.5, 0.6) is 5.75 Å². The van der Waals surface area contributed by atoms with Crippen LogP contribution in [0, 0.1) is 11.3 Å². The van der Waals surface area contributed by atoms with Crippen molar-refractivity contribution < 1.29 is 9.15 Å². The van der Waals surface area contributed by atoms with Crippen molar-refractivity contribution in [1.82, 2.24) is 4.98 Å². The van der Waals surface area contributed by atoms with Crippen LogP contribution in [0.2, 0.25) is 0 Å². The van der Waals surface area contributed by atoms with Crippen molar-refractivity contribution in [3.8, 4) is 11.8 Å². The highest BCUT2D eigenvalue weighted by atomic mass is 16.5. The molecule has 0 amide bonds. The van der Waals surface area contributed by atoms with Crippen LogP contribution in [0.1, 0.15) is 5.56 Å². The standard InChI is InChI=1S/C15H12N4O2/c1-20-11-6-2-4-9(8-16)13(11)18-15-19-14-10(17)5-3-7-12(14)21-15/h2-7H,17H2,1H3,(H,18,19). The van der Waals surface area contributed by atoms with Crippen molar-refractivity contribution >= 4 is 28.5 Å². The number of nitriles is 1. The topological polar surface area (TPSA) is 97.1 Å². The Hall–Kier alpha value is -3.20. The molecular weight excluding hydrogens is 268 g/mol. The smallest absolute Gasteiger partial charge is 0.300 e. The third-order valence-corrected chi connectivity index (χ3v) is 3.05. The van der Waals surface area contributed by atoms with Gasteiger partial charge in [-0.05, 0) is 24.3 Å². The van der Waals surface area contributed by atoms with Crippen LogP contribution in [0.25, 0.3) is 11.1 Å². The quantitative estimate of drug-likeness (QED) is 0.716. The average Bonchev–Trinajstić information content (AvgIpc) is 2.91. The Morgan fingerprint density at radius 1 is 1.29 bits per heavy atom. The second-order valence-electron chi connectivity index (χ2n) is 4.33. The van der Waals surface area contributed by atoms with E-state index in [-0.39, 0.29) is 6.01 Å². The molecule has 6 nitrogen and oxygen atoms in total. The molecule has 0 unspecified atom stereocenters. The number of aromatic nitrogens is 1. The Morgan fingerprint density at radius 3 is 2.81 bits per heavy atom. The Balaban J connectivity index is 2.07. The van der Waals surface area contributed by atoms with Crippen LogP contribution in [0.3, 0.4) is 0 Å². The van der Waals surface area contributed by atoms with Crippen molar-refractivity contribution in [2.24, 2.45) is 0 Å². The fourth-order valence-corrected chi connectivity index (χ4v) is 2.05. The summed E-state index contributed by atoms with van der Waals surface area (Å²) in [4.78, 5) is 4.29. The van der Waals surface area contributed by atoms with Gasteiger partial charge < -0.3 is 20.2 Å². The average molecular weight is 280 g/mol. The second kappa shape index (κ2) is 5.06. The van der Waals surface area contributed by atoms with E-state index in [1.807, 2.05) is 0 Å². The first kappa shape index (κ1) is 12.8. The molecule has 3 N–H and O–H groups in total. The van der Waals surface area contributed by atoms with Crippen LogP contribution >= 0.6 is 0 Å². The molecule has 1 aromatic heterocycles. The van der Waals surface area contributed by atoms with Crippen molar-refractivity contribution in [3.05, 3.63) is 42.0 Å². The SMILES string of the molecule is COc1cccc(C#N)c1Nc1nc2c(N)cccc2o1. The molecule has 0 aliphatic carbocycles. The summed E-state index contributed by atoms with van der Waals surface area (Å²) in [5, 5.41) is 12.2. The second-order valence-corrected chi connectivity index (χ2v) is 4.33. The zero-order chi connectivity index (χ0) is 14.8. The van der Waals surface area contributed by atoms with E-state index >= 15 is 0 Å². The molecule has 3 rings (SSSR count). The summed E-state index contributed by atoms with van der Waals surface area (Å²) in [5.41, 5.74) is 8.47. The number of methoxy groups -OCH3 is 1. The molecule has 0 aliphatic heterocycles. The highest BCUT2D eigenvalue weighted by Crippen LogP contribution is 2.32. The van der Waals surface area contributed by atoms with Gasteiger partial charge in [0.2, 0.25) is 0 Å². The Kier molecular flexibility index (Phi) is 3.09. The number of anilines is 3. The molecule has 0 aliphatic rings. The van der Waals surface area contributed by atoms with Crippen LogP contribution in [0.15, 0.2) is 40.8 Å². The maximum atomic E-state index is 9.18. The van der Waals surface area contributed by atoms with E-state index in [4.69, 9.17) is 14.9 Å². The number of nitrogen functional groups attached to an aromatic ring is 1. The number of nitrogens with zero attached hydrogens (tertiary/aromatic N) is 2. The van der Waals surface area contributed by atoms with E-state index in [9.17, 15) is 5.26 Å². The first-order valence-corrected chi connectivity index (χ1v) is 6.22. The number of rotatable bonds is 3. The molecule has 104 valence electrons. The molecule has 0 atom stereocenters. The normalized spacial score (nSPS) is 10.3. The van der Waals surface area contributed by atoms with Gasteiger partial charge in [-0.3, -0.25) is 0 Å². The summed E-state index contributed by atoms with van der Waals surface area (Å²) < 4.78 is 10.8. The Morgan fingerprint density at radius 2 is 2.10 bits per heavy atom. The zero-order valence-electron chi connectivity index (χ0n) is 11.3. The van der Waals surface area contributed by atoms with Crippen LogP contribution in [-0.4, -0.2) is 12.1 Å². The summed E-state index contributed by atoms with van der Waals surface area (Å²) >= 11 is 0. The van der Waals surface area contributed by atoms with Gasteiger partial charge in [-0.2, -0.15) is 10.2 Å². The van der Waals surface area contributed by atoms with Crippen molar-refractivity contribution in [2.45, 2.75) is 0 Å². The molecule has 0 saturated carbocycles. The minimum absolute atomic E-state index is 0.254. The van der Waals surface area contributed by atoms with Crippen molar-refractivity contribution in [3.63, 3.8) is 0 Å². The van der Waals surface area contributed by atoms with E-state index in [0.29, 0.717) is 33.8 Å². The van der Waals surface area contributed by atoms with Crippen LogP contribution < -0.4 is 15.8 Å².